The summed E-state index contributed by atoms with van der Waals surface area (Å²) in [5.74, 6) is -1.89. The number of hydrogen-bond acceptors (Lipinski definition) is 5. The largest absolute Gasteiger partial charge is 0.503 e. The van der Waals surface area contributed by atoms with E-state index in [1.54, 1.807) is 67.0 Å². The van der Waals surface area contributed by atoms with Crippen molar-refractivity contribution in [2.45, 2.75) is 6.04 Å². The summed E-state index contributed by atoms with van der Waals surface area (Å²) < 4.78 is 6.47. The van der Waals surface area contributed by atoms with Gasteiger partial charge in [-0.3, -0.25) is 19.5 Å². The zero-order valence-corrected chi connectivity index (χ0v) is 18.7. The van der Waals surface area contributed by atoms with Gasteiger partial charge in [0.25, 0.3) is 5.91 Å². The van der Waals surface area contributed by atoms with Gasteiger partial charge in [0.1, 0.15) is 5.58 Å². The minimum atomic E-state index is -0.880. The minimum absolute atomic E-state index is 0.00148. The number of amides is 1. The van der Waals surface area contributed by atoms with Gasteiger partial charge in [-0.1, -0.05) is 39.7 Å². The lowest BCUT2D eigenvalue weighted by atomic mass is 9.96. The molecule has 8 heteroatoms. The Labute approximate surface area is 195 Å². The van der Waals surface area contributed by atoms with Gasteiger partial charge >= 0.3 is 0 Å². The molecule has 6 nitrogen and oxygen atoms in total. The van der Waals surface area contributed by atoms with Crippen molar-refractivity contribution in [3.63, 3.8) is 0 Å². The SMILES string of the molecule is O=C(C1=C(O)C(=O)N(c2cccc(Br)c2)C1c1cccnc1)c1cc2cc(Cl)ccc2o1. The highest BCUT2D eigenvalue weighted by molar-refractivity contribution is 9.10. The summed E-state index contributed by atoms with van der Waals surface area (Å²) in [6.45, 7) is 0. The van der Waals surface area contributed by atoms with Crippen molar-refractivity contribution in [3.05, 3.63) is 105 Å². The van der Waals surface area contributed by atoms with Crippen LogP contribution in [-0.2, 0) is 4.79 Å². The molecule has 1 aliphatic rings. The topological polar surface area (TPSA) is 83.6 Å². The van der Waals surface area contributed by atoms with E-state index in [4.69, 9.17) is 16.0 Å². The highest BCUT2D eigenvalue weighted by atomic mass is 79.9. The Bertz CT molecular complexity index is 1410. The van der Waals surface area contributed by atoms with Crippen LogP contribution in [0.3, 0.4) is 0 Å². The number of benzene rings is 2. The first-order valence-corrected chi connectivity index (χ1v) is 10.8. The van der Waals surface area contributed by atoms with E-state index in [1.165, 1.54) is 4.90 Å². The molecule has 3 heterocycles. The van der Waals surface area contributed by atoms with Crippen LogP contribution in [0.25, 0.3) is 11.0 Å². The Balaban J connectivity index is 1.66. The van der Waals surface area contributed by atoms with Gasteiger partial charge in [-0.15, -0.1) is 0 Å². The summed E-state index contributed by atoms with van der Waals surface area (Å²) in [5.41, 5.74) is 1.49. The molecular formula is C24H14BrClN2O4. The maximum Gasteiger partial charge on any atom is 0.294 e. The van der Waals surface area contributed by atoms with Crippen molar-refractivity contribution in [2.24, 2.45) is 0 Å². The average molecular weight is 510 g/mol. The van der Waals surface area contributed by atoms with Crippen LogP contribution in [0.2, 0.25) is 5.02 Å². The molecule has 2 aromatic heterocycles. The summed E-state index contributed by atoms with van der Waals surface area (Å²) in [7, 11) is 0. The maximum atomic E-state index is 13.5. The molecule has 1 N–H and O–H groups in total. The highest BCUT2D eigenvalue weighted by Crippen LogP contribution is 2.42. The Morgan fingerprint density at radius 1 is 1.12 bits per heavy atom. The number of carbonyl (C=O) groups is 2. The van der Waals surface area contributed by atoms with Crippen molar-refractivity contribution in [1.29, 1.82) is 0 Å². The third kappa shape index (κ3) is 3.39. The quantitative estimate of drug-likeness (QED) is 0.340. The minimum Gasteiger partial charge on any atom is -0.503 e. The molecule has 0 saturated heterocycles. The van der Waals surface area contributed by atoms with Crippen LogP contribution in [0.5, 0.6) is 0 Å². The predicted molar refractivity (Wildman–Crippen MR) is 124 cm³/mol. The summed E-state index contributed by atoms with van der Waals surface area (Å²) in [4.78, 5) is 32.2. The van der Waals surface area contributed by atoms with E-state index in [2.05, 4.69) is 20.9 Å². The van der Waals surface area contributed by atoms with Crippen molar-refractivity contribution in [2.75, 3.05) is 4.90 Å². The Kier molecular flexibility index (Phi) is 5.07. The van der Waals surface area contributed by atoms with Gasteiger partial charge in [-0.2, -0.15) is 0 Å². The molecule has 158 valence electrons. The Hall–Kier alpha value is -3.42. The van der Waals surface area contributed by atoms with E-state index in [9.17, 15) is 14.7 Å². The highest BCUT2D eigenvalue weighted by Gasteiger charge is 2.45. The predicted octanol–water partition coefficient (Wildman–Crippen LogP) is 6.03. The van der Waals surface area contributed by atoms with Crippen molar-refractivity contribution in [1.82, 2.24) is 4.98 Å². The molecule has 0 spiro atoms. The van der Waals surface area contributed by atoms with Gasteiger partial charge in [0.05, 0.1) is 11.6 Å². The number of furan rings is 1. The van der Waals surface area contributed by atoms with E-state index in [-0.39, 0.29) is 11.3 Å². The fourth-order valence-corrected chi connectivity index (χ4v) is 4.41. The molecule has 1 unspecified atom stereocenters. The lowest BCUT2D eigenvalue weighted by Gasteiger charge is -2.26. The molecule has 0 bridgehead atoms. The fourth-order valence-electron chi connectivity index (χ4n) is 3.84. The van der Waals surface area contributed by atoms with Crippen LogP contribution in [-0.4, -0.2) is 21.8 Å². The first kappa shape index (κ1) is 20.5. The summed E-state index contributed by atoms with van der Waals surface area (Å²) >= 11 is 9.45. The van der Waals surface area contributed by atoms with Crippen molar-refractivity contribution in [3.8, 4) is 0 Å². The summed E-state index contributed by atoms with van der Waals surface area (Å²) in [6, 6.07) is 16.2. The number of ketones is 1. The van der Waals surface area contributed by atoms with Crippen LogP contribution >= 0.6 is 27.5 Å². The van der Waals surface area contributed by atoms with E-state index < -0.39 is 23.5 Å². The number of anilines is 1. The van der Waals surface area contributed by atoms with E-state index in [0.29, 0.717) is 27.2 Å². The number of carbonyl (C=O) groups excluding carboxylic acids is 2. The number of rotatable bonds is 4. The fraction of sp³-hybridized carbons (Fsp3) is 0.0417. The van der Waals surface area contributed by atoms with Gasteiger partial charge in [-0.25, -0.2) is 0 Å². The van der Waals surface area contributed by atoms with E-state index >= 15 is 0 Å². The smallest absolute Gasteiger partial charge is 0.294 e. The van der Waals surface area contributed by atoms with Crippen LogP contribution in [0, 0.1) is 0 Å². The van der Waals surface area contributed by atoms with Gasteiger partial charge in [0.15, 0.2) is 11.5 Å². The summed E-state index contributed by atoms with van der Waals surface area (Å²) in [6.07, 6.45) is 3.16. The molecule has 0 fully saturated rings. The van der Waals surface area contributed by atoms with E-state index in [0.717, 1.165) is 4.47 Å². The third-order valence-electron chi connectivity index (χ3n) is 5.24. The van der Waals surface area contributed by atoms with Crippen LogP contribution in [0.4, 0.5) is 5.69 Å². The molecule has 0 saturated carbocycles. The molecule has 5 rings (SSSR count). The van der Waals surface area contributed by atoms with Gasteiger partial charge in [0.2, 0.25) is 5.78 Å². The van der Waals surface area contributed by atoms with Crippen LogP contribution < -0.4 is 4.90 Å². The van der Waals surface area contributed by atoms with Crippen LogP contribution in [0.1, 0.15) is 22.2 Å². The van der Waals surface area contributed by atoms with Crippen molar-refractivity contribution < 1.29 is 19.1 Å². The zero-order chi connectivity index (χ0) is 22.4. The van der Waals surface area contributed by atoms with Gasteiger partial charge < -0.3 is 9.52 Å². The third-order valence-corrected chi connectivity index (χ3v) is 5.97. The Morgan fingerprint density at radius 3 is 2.72 bits per heavy atom. The number of Topliss-reactive ketones (excluding diaryl/α,β-unsaturated/α-hetero) is 1. The molecule has 2 aromatic carbocycles. The zero-order valence-electron chi connectivity index (χ0n) is 16.3. The average Bonchev–Trinajstić information content (AvgIpc) is 3.32. The molecule has 1 aliphatic heterocycles. The normalized spacial score (nSPS) is 16.2. The molecule has 32 heavy (non-hydrogen) atoms. The summed E-state index contributed by atoms with van der Waals surface area (Å²) in [5, 5.41) is 12.0. The lowest BCUT2D eigenvalue weighted by molar-refractivity contribution is -0.117. The number of halogens is 2. The van der Waals surface area contributed by atoms with Crippen molar-refractivity contribution >= 4 is 55.9 Å². The molecule has 0 aliphatic carbocycles. The molecule has 1 amide bonds. The van der Waals surface area contributed by atoms with Gasteiger partial charge in [0, 0.05) is 33.0 Å². The first-order chi connectivity index (χ1) is 15.4. The number of pyridine rings is 1. The Morgan fingerprint density at radius 2 is 1.97 bits per heavy atom. The number of hydrogen-bond donors (Lipinski definition) is 1. The van der Waals surface area contributed by atoms with Crippen LogP contribution in [0.15, 0.2) is 93.3 Å². The molecule has 4 aromatic rings. The first-order valence-electron chi connectivity index (χ1n) is 9.60. The molecule has 0 radical (unpaired) electrons. The second-order valence-corrected chi connectivity index (χ2v) is 8.58. The lowest BCUT2D eigenvalue weighted by Crippen LogP contribution is -2.31. The second-order valence-electron chi connectivity index (χ2n) is 7.23. The van der Waals surface area contributed by atoms with E-state index in [1.807, 2.05) is 6.07 Å². The number of nitrogens with zero attached hydrogens (tertiary/aromatic N) is 2. The number of fused-ring (bicyclic) bond motifs is 1. The number of aliphatic hydroxyl groups is 1. The standard InChI is InChI=1S/C24H14BrClN2O4/c25-15-4-1-5-17(11-15)28-21(13-3-2-8-27-12-13)20(23(30)24(28)31)22(29)19-10-14-9-16(26)6-7-18(14)32-19/h1-12,21,30H. The number of aromatic nitrogens is 1. The van der Waals surface area contributed by atoms with Gasteiger partial charge in [-0.05, 0) is 54.1 Å². The molecular weight excluding hydrogens is 496 g/mol. The monoisotopic (exact) mass is 508 g/mol. The molecule has 1 atom stereocenters. The number of aliphatic hydroxyl groups excluding tert-OH is 1. The second kappa shape index (κ2) is 7.93. The maximum absolute atomic E-state index is 13.5.